The maximum Gasteiger partial charge on any atom is 0.0642 e. The van der Waals surface area contributed by atoms with Crippen molar-refractivity contribution in [3.8, 4) is 0 Å². The number of nitrogens with zero attached hydrogens (tertiary/aromatic N) is 2. The number of halogens is 1. The molecule has 2 rings (SSSR count). The van der Waals surface area contributed by atoms with Gasteiger partial charge in [0, 0.05) is 32.5 Å². The van der Waals surface area contributed by atoms with Crippen molar-refractivity contribution >= 4 is 17.3 Å². The fourth-order valence-corrected chi connectivity index (χ4v) is 2.33. The predicted molar refractivity (Wildman–Crippen MR) is 75.7 cm³/mol. The molecular weight excluding hydrogens is 246 g/mol. The lowest BCUT2D eigenvalue weighted by molar-refractivity contribution is 0.901. The molecule has 0 spiro atoms. The average Bonchev–Trinajstić information content (AvgIpc) is 2.39. The van der Waals surface area contributed by atoms with Crippen LogP contribution in [0.1, 0.15) is 11.1 Å². The Labute approximate surface area is 112 Å². The Morgan fingerprint density at radius 3 is 2.61 bits per heavy atom. The highest BCUT2D eigenvalue weighted by Crippen LogP contribution is 2.29. The first-order valence-electron chi connectivity index (χ1n) is 5.80. The maximum atomic E-state index is 6.26. The molecule has 1 aromatic heterocycles. The summed E-state index contributed by atoms with van der Waals surface area (Å²) in [6.45, 7) is 1.26. The fourth-order valence-electron chi connectivity index (χ4n) is 1.99. The van der Waals surface area contributed by atoms with Crippen molar-refractivity contribution in [2.75, 3.05) is 11.9 Å². The van der Waals surface area contributed by atoms with Crippen LogP contribution in [0.15, 0.2) is 42.7 Å². The van der Waals surface area contributed by atoms with Gasteiger partial charge in [-0.25, -0.2) is 0 Å². The monoisotopic (exact) mass is 261 g/mol. The first-order valence-corrected chi connectivity index (χ1v) is 6.17. The molecule has 1 heterocycles. The standard InChI is InChI=1S/C14H16ClN3/c1-18(10-11-5-7-17-8-6-11)14-12(9-16)3-2-4-13(14)15/h2-8H,9-10,16H2,1H3. The average molecular weight is 262 g/mol. The lowest BCUT2D eigenvalue weighted by Crippen LogP contribution is -2.19. The fraction of sp³-hybridized carbons (Fsp3) is 0.214. The number of rotatable bonds is 4. The second kappa shape index (κ2) is 5.85. The van der Waals surface area contributed by atoms with Crippen LogP contribution in [0.5, 0.6) is 0 Å². The summed E-state index contributed by atoms with van der Waals surface area (Å²) < 4.78 is 0. The summed E-state index contributed by atoms with van der Waals surface area (Å²) >= 11 is 6.26. The molecule has 0 saturated heterocycles. The van der Waals surface area contributed by atoms with Gasteiger partial charge in [0.25, 0.3) is 0 Å². The molecule has 0 radical (unpaired) electrons. The van der Waals surface area contributed by atoms with E-state index in [1.807, 2.05) is 37.4 Å². The van der Waals surface area contributed by atoms with E-state index < -0.39 is 0 Å². The highest BCUT2D eigenvalue weighted by Gasteiger charge is 2.11. The van der Waals surface area contributed by atoms with E-state index in [2.05, 4.69) is 9.88 Å². The Bertz CT molecular complexity index is 514. The molecule has 0 aliphatic carbocycles. The minimum atomic E-state index is 0.483. The lowest BCUT2D eigenvalue weighted by atomic mass is 10.1. The zero-order valence-electron chi connectivity index (χ0n) is 10.3. The molecular formula is C14H16ClN3. The predicted octanol–water partition coefficient (Wildman–Crippen LogP) is 2.83. The summed E-state index contributed by atoms with van der Waals surface area (Å²) in [6.07, 6.45) is 3.58. The molecule has 0 saturated carbocycles. The van der Waals surface area contributed by atoms with Gasteiger partial charge in [-0.3, -0.25) is 4.98 Å². The molecule has 2 N–H and O–H groups in total. The molecule has 94 valence electrons. The van der Waals surface area contributed by atoms with Crippen molar-refractivity contribution in [3.05, 3.63) is 58.9 Å². The molecule has 0 fully saturated rings. The third kappa shape index (κ3) is 2.81. The number of aromatic nitrogens is 1. The first-order chi connectivity index (χ1) is 8.72. The minimum absolute atomic E-state index is 0.483. The van der Waals surface area contributed by atoms with Crippen LogP contribution in [0.25, 0.3) is 0 Å². The zero-order chi connectivity index (χ0) is 13.0. The van der Waals surface area contributed by atoms with Crippen molar-refractivity contribution in [1.82, 2.24) is 4.98 Å². The normalized spacial score (nSPS) is 10.4. The van der Waals surface area contributed by atoms with E-state index >= 15 is 0 Å². The van der Waals surface area contributed by atoms with E-state index in [1.54, 1.807) is 12.4 Å². The van der Waals surface area contributed by atoms with Crippen LogP contribution in [0.2, 0.25) is 5.02 Å². The molecule has 0 aliphatic heterocycles. The number of benzene rings is 1. The quantitative estimate of drug-likeness (QED) is 0.920. The van der Waals surface area contributed by atoms with Crippen molar-refractivity contribution in [1.29, 1.82) is 0 Å². The van der Waals surface area contributed by atoms with Crippen LogP contribution in [-0.4, -0.2) is 12.0 Å². The van der Waals surface area contributed by atoms with Crippen LogP contribution in [0, 0.1) is 0 Å². The number of hydrogen-bond acceptors (Lipinski definition) is 3. The van der Waals surface area contributed by atoms with Gasteiger partial charge in [-0.15, -0.1) is 0 Å². The second-order valence-corrected chi connectivity index (χ2v) is 4.57. The largest absolute Gasteiger partial charge is 0.369 e. The highest BCUT2D eigenvalue weighted by atomic mass is 35.5. The Balaban J connectivity index is 2.26. The van der Waals surface area contributed by atoms with Gasteiger partial charge in [0.15, 0.2) is 0 Å². The molecule has 0 aliphatic rings. The molecule has 4 heteroatoms. The third-order valence-corrected chi connectivity index (χ3v) is 3.15. The Morgan fingerprint density at radius 2 is 1.94 bits per heavy atom. The van der Waals surface area contributed by atoms with Crippen molar-refractivity contribution in [2.45, 2.75) is 13.1 Å². The molecule has 0 amide bonds. The summed E-state index contributed by atoms with van der Waals surface area (Å²) in [5.74, 6) is 0. The topological polar surface area (TPSA) is 42.2 Å². The van der Waals surface area contributed by atoms with Crippen molar-refractivity contribution in [2.24, 2.45) is 5.73 Å². The first kappa shape index (κ1) is 12.9. The summed E-state index contributed by atoms with van der Waals surface area (Å²) in [5.41, 5.74) is 9.00. The van der Waals surface area contributed by atoms with E-state index in [4.69, 9.17) is 17.3 Å². The van der Waals surface area contributed by atoms with Gasteiger partial charge in [-0.1, -0.05) is 23.7 Å². The summed E-state index contributed by atoms with van der Waals surface area (Å²) in [4.78, 5) is 6.12. The van der Waals surface area contributed by atoms with E-state index in [0.29, 0.717) is 6.54 Å². The van der Waals surface area contributed by atoms with E-state index in [-0.39, 0.29) is 0 Å². The summed E-state index contributed by atoms with van der Waals surface area (Å²) in [7, 11) is 2.01. The second-order valence-electron chi connectivity index (χ2n) is 4.16. The summed E-state index contributed by atoms with van der Waals surface area (Å²) in [5, 5.41) is 0.731. The van der Waals surface area contributed by atoms with Gasteiger partial charge < -0.3 is 10.6 Å². The summed E-state index contributed by atoms with van der Waals surface area (Å²) in [6, 6.07) is 9.81. The minimum Gasteiger partial charge on any atom is -0.369 e. The van der Waals surface area contributed by atoms with E-state index in [0.717, 1.165) is 22.8 Å². The van der Waals surface area contributed by atoms with Crippen molar-refractivity contribution in [3.63, 3.8) is 0 Å². The molecule has 1 aromatic carbocycles. The highest BCUT2D eigenvalue weighted by molar-refractivity contribution is 6.33. The smallest absolute Gasteiger partial charge is 0.0642 e. The van der Waals surface area contributed by atoms with Gasteiger partial charge in [0.1, 0.15) is 0 Å². The van der Waals surface area contributed by atoms with Crippen LogP contribution in [0.4, 0.5) is 5.69 Å². The van der Waals surface area contributed by atoms with E-state index in [9.17, 15) is 0 Å². The van der Waals surface area contributed by atoms with Gasteiger partial charge >= 0.3 is 0 Å². The lowest BCUT2D eigenvalue weighted by Gasteiger charge is -2.23. The molecule has 0 atom stereocenters. The molecule has 3 nitrogen and oxygen atoms in total. The van der Waals surface area contributed by atoms with Crippen LogP contribution in [-0.2, 0) is 13.1 Å². The Kier molecular flexibility index (Phi) is 4.18. The molecule has 0 bridgehead atoms. The van der Waals surface area contributed by atoms with Crippen LogP contribution in [0.3, 0.4) is 0 Å². The molecule has 2 aromatic rings. The number of pyridine rings is 1. The molecule has 0 unspecified atom stereocenters. The van der Waals surface area contributed by atoms with Crippen molar-refractivity contribution < 1.29 is 0 Å². The van der Waals surface area contributed by atoms with Gasteiger partial charge in [-0.2, -0.15) is 0 Å². The van der Waals surface area contributed by atoms with Crippen LogP contribution < -0.4 is 10.6 Å². The Hall–Kier alpha value is -1.58. The van der Waals surface area contributed by atoms with Gasteiger partial charge in [0.05, 0.1) is 10.7 Å². The zero-order valence-corrected chi connectivity index (χ0v) is 11.1. The van der Waals surface area contributed by atoms with Gasteiger partial charge in [0.2, 0.25) is 0 Å². The number of para-hydroxylation sites is 1. The Morgan fingerprint density at radius 1 is 1.22 bits per heavy atom. The molecule has 18 heavy (non-hydrogen) atoms. The number of nitrogens with two attached hydrogens (primary N) is 1. The third-order valence-electron chi connectivity index (χ3n) is 2.84. The van der Waals surface area contributed by atoms with Gasteiger partial charge in [-0.05, 0) is 29.3 Å². The maximum absolute atomic E-state index is 6.26. The van der Waals surface area contributed by atoms with E-state index in [1.165, 1.54) is 5.56 Å². The number of anilines is 1. The SMILES string of the molecule is CN(Cc1ccncc1)c1c(Cl)cccc1CN. The number of hydrogen-bond donors (Lipinski definition) is 1. The van der Waals surface area contributed by atoms with Crippen LogP contribution >= 0.6 is 11.6 Å².